The second-order valence-corrected chi connectivity index (χ2v) is 5.90. The Morgan fingerprint density at radius 2 is 1.48 bits per heavy atom. The summed E-state index contributed by atoms with van der Waals surface area (Å²) in [5.74, 6) is 0.705. The monoisotopic (exact) mass is 372 g/mol. The van der Waals surface area contributed by atoms with Gasteiger partial charge in [-0.3, -0.25) is 9.59 Å². The molecule has 2 aromatic carbocycles. The molecule has 2 N–H and O–H groups in total. The summed E-state index contributed by atoms with van der Waals surface area (Å²) in [7, 11) is 4.49. The van der Waals surface area contributed by atoms with E-state index in [1.165, 1.54) is 21.3 Å². The zero-order valence-corrected chi connectivity index (χ0v) is 15.9. The minimum Gasteiger partial charge on any atom is -0.493 e. The lowest BCUT2D eigenvalue weighted by molar-refractivity contribution is -0.123. The van der Waals surface area contributed by atoms with Gasteiger partial charge in [0.25, 0.3) is 0 Å². The number of ether oxygens (including phenoxy) is 3. The van der Waals surface area contributed by atoms with E-state index in [0.29, 0.717) is 22.9 Å². The first-order valence-corrected chi connectivity index (χ1v) is 8.39. The van der Waals surface area contributed by atoms with Crippen molar-refractivity contribution in [1.29, 1.82) is 0 Å². The van der Waals surface area contributed by atoms with Crippen LogP contribution >= 0.6 is 0 Å². The van der Waals surface area contributed by atoms with Gasteiger partial charge < -0.3 is 24.8 Å². The van der Waals surface area contributed by atoms with E-state index in [-0.39, 0.29) is 24.8 Å². The van der Waals surface area contributed by atoms with E-state index < -0.39 is 0 Å². The first-order valence-electron chi connectivity index (χ1n) is 8.39. The number of methoxy groups -OCH3 is 3. The van der Waals surface area contributed by atoms with Gasteiger partial charge in [-0.15, -0.1) is 0 Å². The van der Waals surface area contributed by atoms with Crippen molar-refractivity contribution >= 4 is 17.5 Å². The Balaban J connectivity index is 1.93. The second kappa shape index (κ2) is 9.47. The molecular formula is C20H24N2O5. The smallest absolute Gasteiger partial charge is 0.243 e. The summed E-state index contributed by atoms with van der Waals surface area (Å²) in [5.41, 5.74) is 2.49. The van der Waals surface area contributed by atoms with Crippen LogP contribution in [-0.2, 0) is 16.0 Å². The Bertz CT molecular complexity index is 778. The number of nitrogens with one attached hydrogen (secondary N) is 2. The molecule has 0 fully saturated rings. The number of rotatable bonds is 8. The molecule has 0 spiro atoms. The van der Waals surface area contributed by atoms with Crippen LogP contribution < -0.4 is 24.8 Å². The molecule has 7 heteroatoms. The number of aryl methyl sites for hydroxylation is 1. The SMILES string of the molecule is COc1cc(NC(=O)CNC(=O)Cc2ccc(C)cc2)cc(OC)c1OC. The fourth-order valence-corrected chi connectivity index (χ4v) is 2.49. The molecule has 0 atom stereocenters. The summed E-state index contributed by atoms with van der Waals surface area (Å²) in [6, 6.07) is 10.9. The average Bonchev–Trinajstić information content (AvgIpc) is 2.67. The lowest BCUT2D eigenvalue weighted by Gasteiger charge is -2.14. The Hall–Kier alpha value is -3.22. The van der Waals surface area contributed by atoms with E-state index in [2.05, 4.69) is 10.6 Å². The van der Waals surface area contributed by atoms with Crippen molar-refractivity contribution in [3.05, 3.63) is 47.5 Å². The van der Waals surface area contributed by atoms with E-state index in [1.807, 2.05) is 31.2 Å². The van der Waals surface area contributed by atoms with Crippen LogP contribution in [0.3, 0.4) is 0 Å². The maximum Gasteiger partial charge on any atom is 0.243 e. The summed E-state index contributed by atoms with van der Waals surface area (Å²) >= 11 is 0. The lowest BCUT2D eigenvalue weighted by atomic mass is 10.1. The first-order chi connectivity index (χ1) is 13.0. The highest BCUT2D eigenvalue weighted by Gasteiger charge is 2.15. The van der Waals surface area contributed by atoms with Crippen LogP contribution in [0.4, 0.5) is 5.69 Å². The number of anilines is 1. The molecule has 2 rings (SSSR count). The average molecular weight is 372 g/mol. The quantitative estimate of drug-likeness (QED) is 0.743. The molecule has 0 aliphatic heterocycles. The van der Waals surface area contributed by atoms with Crippen molar-refractivity contribution in [2.24, 2.45) is 0 Å². The zero-order valence-electron chi connectivity index (χ0n) is 15.9. The largest absolute Gasteiger partial charge is 0.493 e. The summed E-state index contributed by atoms with van der Waals surface area (Å²) in [6.45, 7) is 1.85. The Morgan fingerprint density at radius 3 is 2.00 bits per heavy atom. The highest BCUT2D eigenvalue weighted by atomic mass is 16.5. The number of hydrogen-bond acceptors (Lipinski definition) is 5. The standard InChI is InChI=1S/C20H24N2O5/c1-13-5-7-14(8-6-13)9-18(23)21-12-19(24)22-15-10-16(25-2)20(27-4)17(11-15)26-3/h5-8,10-11H,9,12H2,1-4H3,(H,21,23)(H,22,24). The van der Waals surface area contributed by atoms with Gasteiger partial charge in [-0.1, -0.05) is 29.8 Å². The van der Waals surface area contributed by atoms with Gasteiger partial charge >= 0.3 is 0 Å². The van der Waals surface area contributed by atoms with Gasteiger partial charge in [-0.05, 0) is 12.5 Å². The van der Waals surface area contributed by atoms with Gasteiger partial charge in [0.1, 0.15) is 0 Å². The molecular weight excluding hydrogens is 348 g/mol. The van der Waals surface area contributed by atoms with Crippen LogP contribution in [0.25, 0.3) is 0 Å². The van der Waals surface area contributed by atoms with E-state index in [1.54, 1.807) is 12.1 Å². The van der Waals surface area contributed by atoms with Gasteiger partial charge in [-0.25, -0.2) is 0 Å². The molecule has 27 heavy (non-hydrogen) atoms. The third-order valence-corrected chi connectivity index (χ3v) is 3.88. The number of carbonyl (C=O) groups is 2. The van der Waals surface area contributed by atoms with Crippen LogP contribution in [0.1, 0.15) is 11.1 Å². The van der Waals surface area contributed by atoms with Crippen molar-refractivity contribution in [2.75, 3.05) is 33.2 Å². The number of hydrogen-bond donors (Lipinski definition) is 2. The number of carbonyl (C=O) groups excluding carboxylic acids is 2. The second-order valence-electron chi connectivity index (χ2n) is 5.90. The summed E-state index contributed by atoms with van der Waals surface area (Å²) in [6.07, 6.45) is 0.220. The lowest BCUT2D eigenvalue weighted by Crippen LogP contribution is -2.33. The molecule has 144 valence electrons. The summed E-state index contributed by atoms with van der Waals surface area (Å²) < 4.78 is 15.7. The highest BCUT2D eigenvalue weighted by Crippen LogP contribution is 2.39. The van der Waals surface area contributed by atoms with Gasteiger partial charge in [0.2, 0.25) is 17.6 Å². The van der Waals surface area contributed by atoms with Crippen molar-refractivity contribution in [1.82, 2.24) is 5.32 Å². The predicted molar refractivity (Wildman–Crippen MR) is 103 cm³/mol. The van der Waals surface area contributed by atoms with Crippen molar-refractivity contribution < 1.29 is 23.8 Å². The molecule has 0 unspecified atom stereocenters. The third kappa shape index (κ3) is 5.64. The van der Waals surface area contributed by atoms with Crippen LogP contribution in [0.5, 0.6) is 17.2 Å². The predicted octanol–water partition coefficient (Wildman–Crippen LogP) is 2.32. The summed E-state index contributed by atoms with van der Waals surface area (Å²) in [5, 5.41) is 5.31. The summed E-state index contributed by atoms with van der Waals surface area (Å²) in [4.78, 5) is 24.1. The van der Waals surface area contributed by atoms with Gasteiger partial charge in [0.05, 0.1) is 34.3 Å². The topological polar surface area (TPSA) is 85.9 Å². The molecule has 2 aromatic rings. The van der Waals surface area contributed by atoms with Crippen LogP contribution in [0, 0.1) is 6.92 Å². The van der Waals surface area contributed by atoms with E-state index in [0.717, 1.165) is 11.1 Å². The molecule has 0 saturated heterocycles. The highest BCUT2D eigenvalue weighted by molar-refractivity contribution is 5.95. The van der Waals surface area contributed by atoms with E-state index >= 15 is 0 Å². The van der Waals surface area contributed by atoms with Crippen molar-refractivity contribution in [3.63, 3.8) is 0 Å². The van der Waals surface area contributed by atoms with E-state index in [4.69, 9.17) is 14.2 Å². The molecule has 0 bridgehead atoms. The van der Waals surface area contributed by atoms with Crippen LogP contribution in [0.15, 0.2) is 36.4 Å². The van der Waals surface area contributed by atoms with Crippen molar-refractivity contribution in [2.45, 2.75) is 13.3 Å². The number of amides is 2. The maximum absolute atomic E-state index is 12.1. The molecule has 7 nitrogen and oxygen atoms in total. The molecule has 0 saturated carbocycles. The molecule has 0 aliphatic rings. The first kappa shape index (κ1) is 20.1. The van der Waals surface area contributed by atoms with E-state index in [9.17, 15) is 9.59 Å². The van der Waals surface area contributed by atoms with Crippen LogP contribution in [-0.4, -0.2) is 39.7 Å². The van der Waals surface area contributed by atoms with Crippen LogP contribution in [0.2, 0.25) is 0 Å². The van der Waals surface area contributed by atoms with Gasteiger partial charge in [-0.2, -0.15) is 0 Å². The molecule has 0 aliphatic carbocycles. The van der Waals surface area contributed by atoms with Gasteiger partial charge in [0.15, 0.2) is 11.5 Å². The van der Waals surface area contributed by atoms with Gasteiger partial charge in [0, 0.05) is 17.8 Å². The zero-order chi connectivity index (χ0) is 19.8. The normalized spacial score (nSPS) is 10.1. The number of benzene rings is 2. The molecule has 0 aromatic heterocycles. The Kier molecular flexibility index (Phi) is 7.05. The maximum atomic E-state index is 12.1. The minimum atomic E-state index is -0.360. The molecule has 0 radical (unpaired) electrons. The molecule has 2 amide bonds. The fourth-order valence-electron chi connectivity index (χ4n) is 2.49. The van der Waals surface area contributed by atoms with Crippen molar-refractivity contribution in [3.8, 4) is 17.2 Å². The minimum absolute atomic E-state index is 0.138. The Labute approximate surface area is 158 Å². The third-order valence-electron chi connectivity index (χ3n) is 3.88. The molecule has 0 heterocycles. The Morgan fingerprint density at radius 1 is 0.889 bits per heavy atom. The fraction of sp³-hybridized carbons (Fsp3) is 0.300.